The Bertz CT molecular complexity index is 745. The number of benzene rings is 1. The van der Waals surface area contributed by atoms with E-state index >= 15 is 0 Å². The molecular formula is C17H21N3O2S. The predicted octanol–water partition coefficient (Wildman–Crippen LogP) is 3.36. The molecule has 1 heterocycles. The molecule has 1 aromatic carbocycles. The van der Waals surface area contributed by atoms with Gasteiger partial charge in [0.1, 0.15) is 4.88 Å². The van der Waals surface area contributed by atoms with Crippen LogP contribution in [-0.2, 0) is 5.41 Å². The number of hydrogen-bond donors (Lipinski definition) is 2. The first kappa shape index (κ1) is 17.1. The van der Waals surface area contributed by atoms with Gasteiger partial charge < -0.3 is 10.6 Å². The number of aromatic nitrogens is 1. The molecule has 0 atom stereocenters. The molecule has 0 fully saturated rings. The Morgan fingerprint density at radius 1 is 1.17 bits per heavy atom. The molecule has 23 heavy (non-hydrogen) atoms. The fourth-order valence-corrected chi connectivity index (χ4v) is 2.93. The van der Waals surface area contributed by atoms with Crippen molar-refractivity contribution in [2.45, 2.75) is 33.1 Å². The van der Waals surface area contributed by atoms with Crippen molar-refractivity contribution < 1.29 is 9.59 Å². The third-order valence-corrected chi connectivity index (χ3v) is 4.85. The Balaban J connectivity index is 2.24. The van der Waals surface area contributed by atoms with Gasteiger partial charge in [-0.2, -0.15) is 0 Å². The second-order valence-corrected chi connectivity index (χ2v) is 7.32. The monoisotopic (exact) mass is 331 g/mol. The van der Waals surface area contributed by atoms with Crippen LogP contribution < -0.4 is 10.6 Å². The molecule has 0 unspecified atom stereocenters. The molecule has 2 aromatic rings. The highest BCUT2D eigenvalue weighted by Gasteiger charge is 2.21. The maximum absolute atomic E-state index is 12.4. The summed E-state index contributed by atoms with van der Waals surface area (Å²) < 4.78 is 0. The van der Waals surface area contributed by atoms with Gasteiger partial charge >= 0.3 is 0 Å². The summed E-state index contributed by atoms with van der Waals surface area (Å²) in [5, 5.41) is 6.37. The molecule has 5 nitrogen and oxygen atoms in total. The Morgan fingerprint density at radius 2 is 1.87 bits per heavy atom. The summed E-state index contributed by atoms with van der Waals surface area (Å²) >= 11 is 1.39. The summed E-state index contributed by atoms with van der Waals surface area (Å²) in [5.74, 6) is -0.387. The zero-order valence-electron chi connectivity index (χ0n) is 14.0. The molecule has 6 heteroatoms. The van der Waals surface area contributed by atoms with Crippen LogP contribution in [0.4, 0.5) is 5.69 Å². The summed E-state index contributed by atoms with van der Waals surface area (Å²) in [6.07, 6.45) is 1.60. The maximum atomic E-state index is 12.4. The normalized spacial score (nSPS) is 11.2. The van der Waals surface area contributed by atoms with Gasteiger partial charge in [-0.1, -0.05) is 26.8 Å². The number of thiazole rings is 1. The molecule has 0 aliphatic heterocycles. The third-order valence-electron chi connectivity index (χ3n) is 3.42. The van der Waals surface area contributed by atoms with Gasteiger partial charge in [0.25, 0.3) is 11.8 Å². The number of nitrogens with zero attached hydrogens (tertiary/aromatic N) is 1. The Hall–Kier alpha value is -2.21. The van der Waals surface area contributed by atoms with Crippen molar-refractivity contribution in [3.8, 4) is 0 Å². The van der Waals surface area contributed by atoms with Crippen LogP contribution in [0.3, 0.4) is 0 Å². The third kappa shape index (κ3) is 3.76. The number of rotatable bonds is 3. The first-order chi connectivity index (χ1) is 10.7. The van der Waals surface area contributed by atoms with Crippen LogP contribution in [-0.4, -0.2) is 23.8 Å². The van der Waals surface area contributed by atoms with Crippen LogP contribution in [0.25, 0.3) is 0 Å². The number of amides is 2. The first-order valence-corrected chi connectivity index (χ1v) is 8.15. The minimum Gasteiger partial charge on any atom is -0.355 e. The zero-order valence-corrected chi connectivity index (χ0v) is 14.8. The first-order valence-electron chi connectivity index (χ1n) is 7.33. The molecule has 0 bridgehead atoms. The molecule has 0 aliphatic carbocycles. The molecule has 0 saturated carbocycles. The SMILES string of the molecule is CNC(=O)c1cccc(NC(=O)c2cnc(C(C)(C)C)s2)c1C. The molecule has 2 N–H and O–H groups in total. The van der Waals surface area contributed by atoms with E-state index in [0.717, 1.165) is 10.6 Å². The molecular weight excluding hydrogens is 310 g/mol. The second-order valence-electron chi connectivity index (χ2n) is 6.29. The van der Waals surface area contributed by atoms with Crippen LogP contribution in [0, 0.1) is 6.92 Å². The second kappa shape index (κ2) is 6.50. The van der Waals surface area contributed by atoms with Gasteiger partial charge in [0.05, 0.1) is 11.2 Å². The van der Waals surface area contributed by atoms with E-state index in [2.05, 4.69) is 36.4 Å². The van der Waals surface area contributed by atoms with Crippen LogP contribution in [0.1, 0.15) is 51.4 Å². The summed E-state index contributed by atoms with van der Waals surface area (Å²) in [5.41, 5.74) is 1.82. The fraction of sp³-hybridized carbons (Fsp3) is 0.353. The van der Waals surface area contributed by atoms with Crippen molar-refractivity contribution in [2.75, 3.05) is 12.4 Å². The van der Waals surface area contributed by atoms with E-state index in [1.54, 1.807) is 31.4 Å². The molecule has 0 saturated heterocycles. The average molecular weight is 331 g/mol. The molecule has 1 aromatic heterocycles. The van der Waals surface area contributed by atoms with Crippen molar-refractivity contribution in [2.24, 2.45) is 0 Å². The lowest BCUT2D eigenvalue weighted by molar-refractivity contribution is 0.0961. The standard InChI is InChI=1S/C17H21N3O2S/c1-10-11(14(21)18-5)7-6-8-12(10)20-15(22)13-9-19-16(23-13)17(2,3)4/h6-9H,1-5H3,(H,18,21)(H,20,22). The summed E-state index contributed by atoms with van der Waals surface area (Å²) in [7, 11) is 1.58. The highest BCUT2D eigenvalue weighted by Crippen LogP contribution is 2.27. The number of anilines is 1. The molecule has 0 aliphatic rings. The van der Waals surface area contributed by atoms with Crippen molar-refractivity contribution in [1.82, 2.24) is 10.3 Å². The van der Waals surface area contributed by atoms with Gasteiger partial charge in [0.2, 0.25) is 0 Å². The number of nitrogens with one attached hydrogen (secondary N) is 2. The van der Waals surface area contributed by atoms with E-state index < -0.39 is 0 Å². The van der Waals surface area contributed by atoms with Crippen LogP contribution >= 0.6 is 11.3 Å². The van der Waals surface area contributed by atoms with Crippen LogP contribution in [0.15, 0.2) is 24.4 Å². The molecule has 0 spiro atoms. The smallest absolute Gasteiger partial charge is 0.267 e. The molecule has 122 valence electrons. The number of hydrogen-bond acceptors (Lipinski definition) is 4. The molecule has 0 radical (unpaired) electrons. The van der Waals surface area contributed by atoms with Crippen molar-refractivity contribution in [3.63, 3.8) is 0 Å². The van der Waals surface area contributed by atoms with Crippen molar-refractivity contribution in [3.05, 3.63) is 45.4 Å². The van der Waals surface area contributed by atoms with Gasteiger partial charge in [-0.3, -0.25) is 9.59 Å². The predicted molar refractivity (Wildman–Crippen MR) is 93.3 cm³/mol. The van der Waals surface area contributed by atoms with Gasteiger partial charge in [-0.25, -0.2) is 4.98 Å². The zero-order chi connectivity index (χ0) is 17.2. The Kier molecular flexibility index (Phi) is 4.85. The summed E-state index contributed by atoms with van der Waals surface area (Å²) in [4.78, 5) is 29.1. The topological polar surface area (TPSA) is 71.1 Å². The lowest BCUT2D eigenvalue weighted by Gasteiger charge is -2.13. The lowest BCUT2D eigenvalue weighted by Crippen LogP contribution is -2.20. The van der Waals surface area contributed by atoms with E-state index in [9.17, 15) is 9.59 Å². The van der Waals surface area contributed by atoms with E-state index in [0.29, 0.717) is 16.1 Å². The van der Waals surface area contributed by atoms with Crippen molar-refractivity contribution >= 4 is 28.8 Å². The van der Waals surface area contributed by atoms with Gasteiger partial charge in [0, 0.05) is 23.7 Å². The van der Waals surface area contributed by atoms with E-state index in [4.69, 9.17) is 0 Å². The van der Waals surface area contributed by atoms with E-state index in [1.165, 1.54) is 11.3 Å². The van der Waals surface area contributed by atoms with Gasteiger partial charge in [0.15, 0.2) is 0 Å². The van der Waals surface area contributed by atoms with Gasteiger partial charge in [-0.15, -0.1) is 11.3 Å². The van der Waals surface area contributed by atoms with Crippen LogP contribution in [0.2, 0.25) is 0 Å². The fourth-order valence-electron chi connectivity index (χ4n) is 2.06. The molecule has 2 amide bonds. The van der Waals surface area contributed by atoms with E-state index in [-0.39, 0.29) is 17.2 Å². The largest absolute Gasteiger partial charge is 0.355 e. The minimum atomic E-state index is -0.213. The average Bonchev–Trinajstić information content (AvgIpc) is 2.98. The lowest BCUT2D eigenvalue weighted by atomic mass is 9.98. The Morgan fingerprint density at radius 3 is 2.43 bits per heavy atom. The quantitative estimate of drug-likeness (QED) is 0.906. The summed E-state index contributed by atoms with van der Waals surface area (Å²) in [6, 6.07) is 5.26. The minimum absolute atomic E-state index is 0.0851. The van der Waals surface area contributed by atoms with Crippen molar-refractivity contribution in [1.29, 1.82) is 0 Å². The highest BCUT2D eigenvalue weighted by molar-refractivity contribution is 7.13. The van der Waals surface area contributed by atoms with Gasteiger partial charge in [-0.05, 0) is 24.6 Å². The maximum Gasteiger partial charge on any atom is 0.267 e. The Labute approximate surface area is 140 Å². The van der Waals surface area contributed by atoms with Crippen LogP contribution in [0.5, 0.6) is 0 Å². The number of carbonyl (C=O) groups excluding carboxylic acids is 2. The number of carbonyl (C=O) groups is 2. The summed E-state index contributed by atoms with van der Waals surface area (Å²) in [6.45, 7) is 7.99. The van der Waals surface area contributed by atoms with E-state index in [1.807, 2.05) is 6.92 Å². The highest BCUT2D eigenvalue weighted by atomic mass is 32.1. The molecule has 2 rings (SSSR count).